The van der Waals surface area contributed by atoms with Gasteiger partial charge in [0.1, 0.15) is 0 Å². The highest BCUT2D eigenvalue weighted by molar-refractivity contribution is 5.34. The van der Waals surface area contributed by atoms with Crippen LogP contribution in [0.4, 0.5) is 0 Å². The van der Waals surface area contributed by atoms with Gasteiger partial charge in [0.15, 0.2) is 0 Å². The summed E-state index contributed by atoms with van der Waals surface area (Å²) in [6.07, 6.45) is 2.45. The van der Waals surface area contributed by atoms with Gasteiger partial charge in [-0.2, -0.15) is 5.06 Å². The third kappa shape index (κ3) is 2.33. The Balaban J connectivity index is 1.99. The van der Waals surface area contributed by atoms with Gasteiger partial charge in [-0.25, -0.2) is 0 Å². The van der Waals surface area contributed by atoms with Crippen LogP contribution in [0.2, 0.25) is 0 Å². The number of hydrogen-bond acceptors (Lipinski definition) is 2. The molecule has 1 saturated carbocycles. The second-order valence-electron chi connectivity index (χ2n) is 8.10. The van der Waals surface area contributed by atoms with E-state index >= 15 is 0 Å². The molecule has 1 saturated heterocycles. The fourth-order valence-corrected chi connectivity index (χ4v) is 5.16. The van der Waals surface area contributed by atoms with Crippen LogP contribution in [-0.4, -0.2) is 23.8 Å². The zero-order valence-corrected chi connectivity index (χ0v) is 14.3. The van der Waals surface area contributed by atoms with Crippen molar-refractivity contribution >= 4 is 0 Å². The van der Waals surface area contributed by atoms with Gasteiger partial charge in [0.2, 0.25) is 0 Å². The van der Waals surface area contributed by atoms with Gasteiger partial charge in [-0.3, -0.25) is 4.84 Å². The third-order valence-corrected chi connectivity index (χ3v) is 5.93. The first-order chi connectivity index (χ1) is 9.74. The molecule has 1 aromatic rings. The summed E-state index contributed by atoms with van der Waals surface area (Å²) in [6, 6.07) is 9.46. The molecule has 1 aliphatic carbocycles. The van der Waals surface area contributed by atoms with E-state index in [1.54, 1.807) is 0 Å². The van der Waals surface area contributed by atoms with Crippen molar-refractivity contribution in [1.82, 2.24) is 5.06 Å². The largest absolute Gasteiger partial charge is 0.293 e. The molecule has 0 amide bonds. The van der Waals surface area contributed by atoms with Crippen LogP contribution in [0.1, 0.15) is 51.7 Å². The van der Waals surface area contributed by atoms with Crippen LogP contribution in [-0.2, 0) is 10.3 Å². The number of hydroxylamine groups is 2. The van der Waals surface area contributed by atoms with Crippen LogP contribution in [0, 0.1) is 18.8 Å². The molecule has 3 rings (SSSR count). The molecule has 2 nitrogen and oxygen atoms in total. The van der Waals surface area contributed by atoms with Crippen LogP contribution < -0.4 is 0 Å². The van der Waals surface area contributed by atoms with Crippen molar-refractivity contribution in [2.45, 2.75) is 64.5 Å². The summed E-state index contributed by atoms with van der Waals surface area (Å²) < 4.78 is 0. The second-order valence-corrected chi connectivity index (χ2v) is 8.10. The predicted octanol–water partition coefficient (Wildman–Crippen LogP) is 4.32. The molecule has 4 atom stereocenters. The molecule has 0 N–H and O–H groups in total. The molecule has 0 bridgehead atoms. The minimum Gasteiger partial charge on any atom is -0.293 e. The lowest BCUT2D eigenvalue weighted by Gasteiger charge is -2.47. The van der Waals surface area contributed by atoms with Crippen molar-refractivity contribution in [3.05, 3.63) is 35.4 Å². The van der Waals surface area contributed by atoms with Crippen LogP contribution >= 0.6 is 0 Å². The minimum absolute atomic E-state index is 0.0575. The highest BCUT2D eigenvalue weighted by atomic mass is 16.7. The Bertz CT molecular complexity index is 538. The number of nitrogens with zero attached hydrogens (tertiary/aromatic N) is 1. The third-order valence-electron chi connectivity index (χ3n) is 5.93. The maximum atomic E-state index is 6.16. The Kier molecular flexibility index (Phi) is 3.46. The van der Waals surface area contributed by atoms with Crippen molar-refractivity contribution < 1.29 is 4.84 Å². The summed E-state index contributed by atoms with van der Waals surface area (Å²) in [5.74, 6) is 1.25. The summed E-state index contributed by atoms with van der Waals surface area (Å²) in [5.41, 5.74) is 3.16. The van der Waals surface area contributed by atoms with E-state index in [1.165, 1.54) is 24.0 Å². The van der Waals surface area contributed by atoms with Gasteiger partial charge >= 0.3 is 0 Å². The Labute approximate surface area is 129 Å². The van der Waals surface area contributed by atoms with Crippen molar-refractivity contribution in [3.63, 3.8) is 0 Å². The van der Waals surface area contributed by atoms with Crippen molar-refractivity contribution in [2.24, 2.45) is 11.8 Å². The molecule has 0 spiro atoms. The van der Waals surface area contributed by atoms with Gasteiger partial charge in [-0.05, 0) is 56.1 Å². The second kappa shape index (κ2) is 4.82. The van der Waals surface area contributed by atoms with Crippen LogP contribution in [0.3, 0.4) is 0 Å². The smallest absolute Gasteiger partial charge is 0.0887 e. The first kappa shape index (κ1) is 15.1. The monoisotopic (exact) mass is 287 g/mol. The Morgan fingerprint density at radius 2 is 1.81 bits per heavy atom. The number of fused-ring (bicyclic) bond motifs is 1. The quantitative estimate of drug-likeness (QED) is 0.762. The Morgan fingerprint density at radius 3 is 2.48 bits per heavy atom. The lowest BCUT2D eigenvalue weighted by atomic mass is 9.58. The van der Waals surface area contributed by atoms with Crippen molar-refractivity contribution in [2.75, 3.05) is 7.05 Å². The van der Waals surface area contributed by atoms with E-state index in [2.05, 4.69) is 71.0 Å². The zero-order valence-electron chi connectivity index (χ0n) is 14.3. The lowest BCUT2D eigenvalue weighted by Crippen LogP contribution is -2.48. The summed E-state index contributed by atoms with van der Waals surface area (Å²) in [7, 11) is 2.11. The maximum Gasteiger partial charge on any atom is 0.0887 e. The highest BCUT2D eigenvalue weighted by Crippen LogP contribution is 2.53. The molecule has 2 aliphatic rings. The Morgan fingerprint density at radius 1 is 1.14 bits per heavy atom. The molecular formula is C19H29NO. The van der Waals surface area contributed by atoms with E-state index in [1.807, 2.05) is 0 Å². The summed E-state index contributed by atoms with van der Waals surface area (Å²) in [6.45, 7) is 11.6. The first-order valence-electron chi connectivity index (χ1n) is 8.23. The minimum atomic E-state index is -0.0575. The molecule has 1 aromatic carbocycles. The summed E-state index contributed by atoms with van der Waals surface area (Å²) >= 11 is 0. The topological polar surface area (TPSA) is 12.5 Å². The molecule has 0 radical (unpaired) electrons. The van der Waals surface area contributed by atoms with Crippen LogP contribution in [0.5, 0.6) is 0 Å². The molecule has 1 aliphatic heterocycles. The van der Waals surface area contributed by atoms with E-state index in [-0.39, 0.29) is 11.0 Å². The normalized spacial score (nSPS) is 39.2. The lowest BCUT2D eigenvalue weighted by molar-refractivity contribution is -0.182. The highest BCUT2D eigenvalue weighted by Gasteiger charge is 2.55. The van der Waals surface area contributed by atoms with Gasteiger partial charge in [-0.1, -0.05) is 38.1 Å². The number of aryl methyl sites for hydroxylation is 1. The molecule has 4 unspecified atom stereocenters. The number of benzene rings is 1. The van der Waals surface area contributed by atoms with E-state index in [4.69, 9.17) is 4.84 Å². The summed E-state index contributed by atoms with van der Waals surface area (Å²) in [4.78, 5) is 6.16. The fraction of sp³-hybridized carbons (Fsp3) is 0.684. The van der Waals surface area contributed by atoms with E-state index < -0.39 is 0 Å². The molecule has 116 valence electrons. The Hall–Kier alpha value is -0.860. The number of hydrogen-bond donors (Lipinski definition) is 0. The molecule has 21 heavy (non-hydrogen) atoms. The molecule has 1 heterocycles. The number of rotatable bonds is 1. The van der Waals surface area contributed by atoms with Crippen LogP contribution in [0.25, 0.3) is 0 Å². The fourth-order valence-electron chi connectivity index (χ4n) is 5.16. The van der Waals surface area contributed by atoms with E-state index in [0.717, 1.165) is 0 Å². The van der Waals surface area contributed by atoms with Gasteiger partial charge in [0.05, 0.1) is 5.60 Å². The van der Waals surface area contributed by atoms with Crippen molar-refractivity contribution in [1.29, 1.82) is 0 Å². The molecule has 2 fully saturated rings. The van der Waals surface area contributed by atoms with E-state index in [0.29, 0.717) is 17.9 Å². The molecule has 0 aromatic heterocycles. The first-order valence-corrected chi connectivity index (χ1v) is 8.23. The van der Waals surface area contributed by atoms with Gasteiger partial charge < -0.3 is 0 Å². The van der Waals surface area contributed by atoms with Gasteiger partial charge in [0, 0.05) is 19.0 Å². The van der Waals surface area contributed by atoms with Crippen molar-refractivity contribution in [3.8, 4) is 0 Å². The average Bonchev–Trinajstić information content (AvgIpc) is 2.59. The van der Waals surface area contributed by atoms with Gasteiger partial charge in [-0.15, -0.1) is 0 Å². The van der Waals surface area contributed by atoms with E-state index in [9.17, 15) is 0 Å². The maximum absolute atomic E-state index is 6.16. The van der Waals surface area contributed by atoms with Crippen LogP contribution in [0.15, 0.2) is 24.3 Å². The summed E-state index contributed by atoms with van der Waals surface area (Å²) in [5, 5.41) is 2.13. The SMILES string of the molecule is Cc1ccccc1C1(C)CC(C)C2C(C1)C(C)(C)ON2C. The molecular weight excluding hydrogens is 258 g/mol. The van der Waals surface area contributed by atoms with Gasteiger partial charge in [0.25, 0.3) is 0 Å². The average molecular weight is 287 g/mol. The predicted molar refractivity (Wildman–Crippen MR) is 87.1 cm³/mol. The standard InChI is InChI=1S/C19H29NO/c1-13-9-7-8-10-15(13)19(5)11-14(2)17-16(12-19)18(3,4)21-20(17)6/h7-10,14,16-17H,11-12H2,1-6H3. The molecule has 2 heteroatoms. The zero-order chi connectivity index (χ0) is 15.4.